The van der Waals surface area contributed by atoms with Crippen molar-refractivity contribution >= 4 is 29.0 Å². The first-order valence-corrected chi connectivity index (χ1v) is 8.47. The molecule has 2 aromatic carbocycles. The van der Waals surface area contributed by atoms with Gasteiger partial charge in [-0.3, -0.25) is 4.90 Å². The second-order valence-corrected chi connectivity index (χ2v) is 6.53. The fourth-order valence-electron chi connectivity index (χ4n) is 2.72. The average molecular weight is 345 g/mol. The molecule has 1 aliphatic heterocycles. The van der Waals surface area contributed by atoms with Crippen molar-refractivity contribution in [1.82, 2.24) is 0 Å². The molecule has 4 nitrogen and oxygen atoms in total. The molecule has 1 unspecified atom stereocenters. The first-order chi connectivity index (χ1) is 11.5. The molecule has 1 heterocycles. The number of aryl methyl sites for hydroxylation is 2. The maximum atomic E-state index is 12.8. The molecule has 0 bridgehead atoms. The van der Waals surface area contributed by atoms with E-state index in [0.29, 0.717) is 17.3 Å². The quantitative estimate of drug-likeness (QED) is 0.816. The van der Waals surface area contributed by atoms with Crippen molar-refractivity contribution in [3.8, 4) is 5.75 Å². The highest BCUT2D eigenvalue weighted by molar-refractivity contribution is 6.31. The summed E-state index contributed by atoms with van der Waals surface area (Å²) in [5, 5.41) is 3.57. The number of rotatable bonds is 2. The Morgan fingerprint density at radius 1 is 1.29 bits per heavy atom. The monoisotopic (exact) mass is 344 g/mol. The highest BCUT2D eigenvalue weighted by Gasteiger charge is 2.29. The second kappa shape index (κ2) is 6.73. The first-order valence-electron chi connectivity index (χ1n) is 8.10. The number of halogens is 1. The van der Waals surface area contributed by atoms with Crippen LogP contribution in [-0.4, -0.2) is 18.7 Å². The van der Waals surface area contributed by atoms with E-state index in [2.05, 4.69) is 12.2 Å². The third-order valence-corrected chi connectivity index (χ3v) is 4.62. The van der Waals surface area contributed by atoms with Gasteiger partial charge in [0.2, 0.25) is 0 Å². The van der Waals surface area contributed by atoms with Crippen LogP contribution in [0.3, 0.4) is 0 Å². The maximum absolute atomic E-state index is 12.8. The minimum absolute atomic E-state index is 0.00689. The van der Waals surface area contributed by atoms with Gasteiger partial charge >= 0.3 is 6.03 Å². The number of carbonyl (C=O) groups excluding carboxylic acids is 1. The van der Waals surface area contributed by atoms with Crippen LogP contribution in [0, 0.1) is 13.8 Å². The van der Waals surface area contributed by atoms with Crippen LogP contribution in [0.15, 0.2) is 36.4 Å². The van der Waals surface area contributed by atoms with E-state index in [9.17, 15) is 4.79 Å². The van der Waals surface area contributed by atoms with E-state index < -0.39 is 0 Å². The van der Waals surface area contributed by atoms with E-state index >= 15 is 0 Å². The number of anilines is 2. The van der Waals surface area contributed by atoms with E-state index in [1.54, 1.807) is 11.0 Å². The standard InChI is InChI=1S/C19H21ClN2O2/c1-4-15-11-22(17-9-12(2)5-8-18(17)24-15)19(23)21-14-7-6-13(3)16(20)10-14/h5-10,15H,4,11H2,1-3H3,(H,21,23). The third-order valence-electron chi connectivity index (χ3n) is 4.21. The van der Waals surface area contributed by atoms with E-state index in [4.69, 9.17) is 16.3 Å². The van der Waals surface area contributed by atoms with Gasteiger partial charge in [0.25, 0.3) is 0 Å². The molecule has 0 spiro atoms. The second-order valence-electron chi connectivity index (χ2n) is 6.12. The average Bonchev–Trinajstić information content (AvgIpc) is 2.57. The normalized spacial score (nSPS) is 16.3. The predicted octanol–water partition coefficient (Wildman–Crippen LogP) is 5.17. The van der Waals surface area contributed by atoms with E-state index in [0.717, 1.165) is 29.0 Å². The highest BCUT2D eigenvalue weighted by Crippen LogP contribution is 2.35. The molecule has 126 valence electrons. The van der Waals surface area contributed by atoms with E-state index in [1.165, 1.54) is 0 Å². The van der Waals surface area contributed by atoms with Crippen LogP contribution in [0.4, 0.5) is 16.2 Å². The lowest BCUT2D eigenvalue weighted by Gasteiger charge is -2.34. The van der Waals surface area contributed by atoms with Crippen molar-refractivity contribution in [2.24, 2.45) is 0 Å². The van der Waals surface area contributed by atoms with Crippen LogP contribution in [0.25, 0.3) is 0 Å². The molecule has 5 heteroatoms. The van der Waals surface area contributed by atoms with Gasteiger partial charge < -0.3 is 10.1 Å². The number of nitrogens with zero attached hydrogens (tertiary/aromatic N) is 1. The molecule has 2 aromatic rings. The van der Waals surface area contributed by atoms with Crippen LogP contribution < -0.4 is 15.0 Å². The molecule has 2 amide bonds. The Hall–Kier alpha value is -2.20. The Morgan fingerprint density at radius 2 is 2.08 bits per heavy atom. The van der Waals surface area contributed by atoms with Gasteiger partial charge in [-0.05, 0) is 55.7 Å². The molecule has 0 saturated carbocycles. The van der Waals surface area contributed by atoms with Gasteiger partial charge in [-0.2, -0.15) is 0 Å². The van der Waals surface area contributed by atoms with Gasteiger partial charge in [-0.1, -0.05) is 30.7 Å². The van der Waals surface area contributed by atoms with Gasteiger partial charge in [0, 0.05) is 10.7 Å². The Bertz CT molecular complexity index is 776. The summed E-state index contributed by atoms with van der Waals surface area (Å²) in [6.07, 6.45) is 0.834. The molecule has 24 heavy (non-hydrogen) atoms. The lowest BCUT2D eigenvalue weighted by Crippen LogP contribution is -2.45. The van der Waals surface area contributed by atoms with Crippen molar-refractivity contribution in [3.05, 3.63) is 52.5 Å². The lowest BCUT2D eigenvalue weighted by molar-refractivity contribution is 0.188. The number of fused-ring (bicyclic) bond motifs is 1. The Labute approximate surface area is 147 Å². The molecule has 3 rings (SSSR count). The summed E-state index contributed by atoms with van der Waals surface area (Å²) in [6.45, 7) is 6.51. The SMILES string of the molecule is CCC1CN(C(=O)Nc2ccc(C)c(Cl)c2)c2cc(C)ccc2O1. The Balaban J connectivity index is 1.88. The summed E-state index contributed by atoms with van der Waals surface area (Å²) in [4.78, 5) is 14.6. The third kappa shape index (κ3) is 3.34. The highest BCUT2D eigenvalue weighted by atomic mass is 35.5. The lowest BCUT2D eigenvalue weighted by atomic mass is 10.1. The van der Waals surface area contributed by atoms with Gasteiger partial charge in [0.15, 0.2) is 0 Å². The number of benzene rings is 2. The van der Waals surface area contributed by atoms with Crippen LogP contribution in [-0.2, 0) is 0 Å². The number of ether oxygens (including phenoxy) is 1. The van der Waals surface area contributed by atoms with Crippen molar-refractivity contribution in [2.45, 2.75) is 33.3 Å². The largest absolute Gasteiger partial charge is 0.486 e. The van der Waals surface area contributed by atoms with Crippen LogP contribution in [0.5, 0.6) is 5.75 Å². The number of hydrogen-bond acceptors (Lipinski definition) is 2. The molecule has 1 N–H and O–H groups in total. The van der Waals surface area contributed by atoms with E-state index in [-0.39, 0.29) is 12.1 Å². The predicted molar refractivity (Wildman–Crippen MR) is 98.4 cm³/mol. The van der Waals surface area contributed by atoms with Crippen LogP contribution in [0.1, 0.15) is 24.5 Å². The van der Waals surface area contributed by atoms with Gasteiger partial charge in [-0.15, -0.1) is 0 Å². The Kier molecular flexibility index (Phi) is 4.67. The Morgan fingerprint density at radius 3 is 2.79 bits per heavy atom. The number of hydrogen-bond donors (Lipinski definition) is 1. The smallest absolute Gasteiger partial charge is 0.326 e. The zero-order valence-corrected chi connectivity index (χ0v) is 14.9. The molecule has 0 saturated heterocycles. The van der Waals surface area contributed by atoms with Gasteiger partial charge in [0.05, 0.1) is 12.2 Å². The topological polar surface area (TPSA) is 41.6 Å². The summed E-state index contributed by atoms with van der Waals surface area (Å²) in [5.41, 5.74) is 3.55. The fourth-order valence-corrected chi connectivity index (χ4v) is 2.90. The molecule has 1 atom stereocenters. The molecular formula is C19H21ClN2O2. The first kappa shape index (κ1) is 16.7. The van der Waals surface area contributed by atoms with Gasteiger partial charge in [0.1, 0.15) is 11.9 Å². The van der Waals surface area contributed by atoms with Crippen molar-refractivity contribution < 1.29 is 9.53 Å². The van der Waals surface area contributed by atoms with Crippen molar-refractivity contribution in [2.75, 3.05) is 16.8 Å². The summed E-state index contributed by atoms with van der Waals surface area (Å²) in [5.74, 6) is 0.746. The minimum atomic E-state index is -0.177. The molecule has 0 aliphatic carbocycles. The minimum Gasteiger partial charge on any atom is -0.486 e. The summed E-state index contributed by atoms with van der Waals surface area (Å²) >= 11 is 6.15. The van der Waals surface area contributed by atoms with E-state index in [1.807, 2.05) is 44.2 Å². The molecule has 0 radical (unpaired) electrons. The number of amides is 2. The van der Waals surface area contributed by atoms with Crippen molar-refractivity contribution in [1.29, 1.82) is 0 Å². The van der Waals surface area contributed by atoms with Gasteiger partial charge in [-0.25, -0.2) is 4.79 Å². The zero-order chi connectivity index (χ0) is 17.3. The summed E-state index contributed by atoms with van der Waals surface area (Å²) < 4.78 is 5.96. The number of urea groups is 1. The fraction of sp³-hybridized carbons (Fsp3) is 0.316. The van der Waals surface area contributed by atoms with Crippen molar-refractivity contribution in [3.63, 3.8) is 0 Å². The number of carbonyl (C=O) groups is 1. The molecule has 0 aromatic heterocycles. The molecular weight excluding hydrogens is 324 g/mol. The summed E-state index contributed by atoms with van der Waals surface area (Å²) in [7, 11) is 0. The van der Waals surface area contributed by atoms with Crippen LogP contribution >= 0.6 is 11.6 Å². The maximum Gasteiger partial charge on any atom is 0.326 e. The molecule has 0 fully saturated rings. The molecule has 1 aliphatic rings. The van der Waals surface area contributed by atoms with Crippen LogP contribution in [0.2, 0.25) is 5.02 Å². The zero-order valence-electron chi connectivity index (χ0n) is 14.1. The number of nitrogens with one attached hydrogen (secondary N) is 1. The summed E-state index contributed by atoms with van der Waals surface area (Å²) in [6, 6.07) is 11.2.